The van der Waals surface area contributed by atoms with Gasteiger partial charge in [-0.05, 0) is 0 Å². The van der Waals surface area contributed by atoms with Gasteiger partial charge in [-0.3, -0.25) is 0 Å². The summed E-state index contributed by atoms with van der Waals surface area (Å²) < 4.78 is 0. The van der Waals surface area contributed by atoms with Gasteiger partial charge in [0.25, 0.3) is 0 Å². The van der Waals surface area contributed by atoms with Crippen molar-refractivity contribution >= 4 is 18.6 Å². The molecule has 0 saturated carbocycles. The number of carbonyl (C=O) groups is 1. The zero-order valence-electron chi connectivity index (χ0n) is 6.19. The molecule has 0 aliphatic carbocycles. The number of nitrogens with two attached hydrogens (primary N) is 1. The molecule has 0 spiro atoms. The minimum absolute atomic E-state index is 0.0922. The number of thiol groups is 1. The van der Waals surface area contributed by atoms with E-state index < -0.39 is 10.8 Å². The third kappa shape index (κ3) is 1.99. The lowest BCUT2D eigenvalue weighted by Gasteiger charge is -2.15. The lowest BCUT2D eigenvalue weighted by atomic mass is 10.2. The smallest absolute Gasteiger partial charge is 0.334 e. The fourth-order valence-corrected chi connectivity index (χ4v) is 0.901. The van der Waals surface area contributed by atoms with Crippen LogP contribution in [0.2, 0.25) is 0 Å². The number of hydrogen-bond donors (Lipinski definition) is 4. The second-order valence-corrected chi connectivity index (χ2v) is 3.26. The van der Waals surface area contributed by atoms with Crippen molar-refractivity contribution in [1.29, 1.82) is 0 Å². The standard InChI is InChI=1S/C6H9N3O2S/c7-6(12,5(10)11)1-4-2-8-3-9-4/h2-3,12H,1,7H2,(H,8,9)(H,10,11)/t6-/m0/s1. The summed E-state index contributed by atoms with van der Waals surface area (Å²) in [6.07, 6.45) is 3.14. The Kier molecular flexibility index (Phi) is 2.39. The van der Waals surface area contributed by atoms with Crippen molar-refractivity contribution in [1.82, 2.24) is 9.97 Å². The maximum atomic E-state index is 10.5. The SMILES string of the molecule is N[C@](S)(Cc1c[nH]cn1)C(=O)O. The first-order valence-electron chi connectivity index (χ1n) is 3.24. The molecule has 0 unspecified atom stereocenters. The number of aliphatic carboxylic acids is 1. The maximum absolute atomic E-state index is 10.5. The summed E-state index contributed by atoms with van der Waals surface area (Å²) in [4.78, 5) is 15.5. The van der Waals surface area contributed by atoms with Crippen LogP contribution in [-0.4, -0.2) is 25.9 Å². The molecule has 66 valence electrons. The van der Waals surface area contributed by atoms with Gasteiger partial charge in [0.2, 0.25) is 0 Å². The fraction of sp³-hybridized carbons (Fsp3) is 0.333. The molecule has 1 aromatic heterocycles. The number of carboxylic acid groups (broad SMARTS) is 1. The highest BCUT2D eigenvalue weighted by molar-refractivity contribution is 7.82. The van der Waals surface area contributed by atoms with Crippen molar-refractivity contribution in [2.75, 3.05) is 0 Å². The first-order valence-corrected chi connectivity index (χ1v) is 3.69. The number of nitrogens with one attached hydrogen (secondary N) is 1. The number of carboxylic acids is 1. The molecule has 0 fully saturated rings. The van der Waals surface area contributed by atoms with Gasteiger partial charge in [-0.15, -0.1) is 12.6 Å². The third-order valence-electron chi connectivity index (χ3n) is 1.38. The zero-order valence-corrected chi connectivity index (χ0v) is 7.08. The van der Waals surface area contributed by atoms with Crippen molar-refractivity contribution < 1.29 is 9.90 Å². The number of nitrogens with zero attached hydrogens (tertiary/aromatic N) is 1. The van der Waals surface area contributed by atoms with Gasteiger partial charge in [-0.1, -0.05) is 0 Å². The Labute approximate surface area is 74.4 Å². The second kappa shape index (κ2) is 3.16. The van der Waals surface area contributed by atoms with Gasteiger partial charge in [0, 0.05) is 12.6 Å². The summed E-state index contributed by atoms with van der Waals surface area (Å²) in [5, 5.41) is 8.60. The molecule has 0 saturated heterocycles. The average Bonchev–Trinajstić information content (AvgIpc) is 2.38. The molecular weight excluding hydrogens is 178 g/mol. The van der Waals surface area contributed by atoms with E-state index in [4.69, 9.17) is 10.8 Å². The van der Waals surface area contributed by atoms with E-state index in [1.807, 2.05) is 0 Å². The maximum Gasteiger partial charge on any atom is 0.334 e. The van der Waals surface area contributed by atoms with E-state index in [9.17, 15) is 4.79 Å². The molecule has 0 aliphatic heterocycles. The predicted octanol–water partition coefficient (Wildman–Crippen LogP) is -0.378. The highest BCUT2D eigenvalue weighted by Crippen LogP contribution is 2.12. The highest BCUT2D eigenvalue weighted by Gasteiger charge is 2.30. The molecule has 0 bridgehead atoms. The lowest BCUT2D eigenvalue weighted by molar-refractivity contribution is -0.139. The highest BCUT2D eigenvalue weighted by atomic mass is 32.1. The van der Waals surface area contributed by atoms with Crippen molar-refractivity contribution in [2.24, 2.45) is 5.73 Å². The van der Waals surface area contributed by atoms with Crippen LogP contribution < -0.4 is 5.73 Å². The lowest BCUT2D eigenvalue weighted by Crippen LogP contribution is -2.44. The quantitative estimate of drug-likeness (QED) is 0.383. The largest absolute Gasteiger partial charge is 0.479 e. The van der Waals surface area contributed by atoms with Gasteiger partial charge >= 0.3 is 5.97 Å². The fourth-order valence-electron chi connectivity index (χ4n) is 0.739. The molecule has 12 heavy (non-hydrogen) atoms. The van der Waals surface area contributed by atoms with Crippen LogP contribution in [0.4, 0.5) is 0 Å². The number of aromatic amines is 1. The molecule has 1 atom stereocenters. The van der Waals surface area contributed by atoms with Crippen molar-refractivity contribution in [3.8, 4) is 0 Å². The summed E-state index contributed by atoms with van der Waals surface area (Å²) in [5.74, 6) is -1.16. The Morgan fingerprint density at radius 2 is 2.58 bits per heavy atom. The monoisotopic (exact) mass is 187 g/mol. The molecule has 1 aromatic rings. The van der Waals surface area contributed by atoms with Crippen molar-refractivity contribution in [3.05, 3.63) is 18.2 Å². The molecule has 6 heteroatoms. The van der Waals surface area contributed by atoms with Gasteiger partial charge in [0.1, 0.15) is 0 Å². The molecule has 1 heterocycles. The van der Waals surface area contributed by atoms with Gasteiger partial charge in [0.05, 0.1) is 12.0 Å². The Hall–Kier alpha value is -1.01. The van der Waals surface area contributed by atoms with Gasteiger partial charge in [0.15, 0.2) is 4.87 Å². The molecule has 0 aromatic carbocycles. The van der Waals surface area contributed by atoms with Crippen LogP contribution in [0.5, 0.6) is 0 Å². The summed E-state index contributed by atoms with van der Waals surface area (Å²) >= 11 is 3.79. The van der Waals surface area contributed by atoms with Gasteiger partial charge in [-0.2, -0.15) is 0 Å². The van der Waals surface area contributed by atoms with E-state index in [1.165, 1.54) is 6.33 Å². The summed E-state index contributed by atoms with van der Waals surface area (Å²) in [6, 6.07) is 0. The van der Waals surface area contributed by atoms with E-state index in [0.717, 1.165) is 0 Å². The Balaban J connectivity index is 2.69. The second-order valence-electron chi connectivity index (χ2n) is 2.47. The number of H-pyrrole nitrogens is 1. The van der Waals surface area contributed by atoms with Crippen LogP contribution in [0.15, 0.2) is 12.5 Å². The topological polar surface area (TPSA) is 92.0 Å². The predicted molar refractivity (Wildman–Crippen MR) is 45.8 cm³/mol. The Bertz CT molecular complexity index is 270. The number of aromatic nitrogens is 2. The third-order valence-corrected chi connectivity index (χ3v) is 1.73. The molecule has 0 aliphatic rings. The number of rotatable bonds is 3. The number of hydrogen-bond acceptors (Lipinski definition) is 4. The van der Waals surface area contributed by atoms with E-state index in [0.29, 0.717) is 5.69 Å². The van der Waals surface area contributed by atoms with Crippen LogP contribution in [0.25, 0.3) is 0 Å². The van der Waals surface area contributed by atoms with Gasteiger partial charge in [-0.25, -0.2) is 9.78 Å². The van der Waals surface area contributed by atoms with Crippen LogP contribution in [-0.2, 0) is 11.2 Å². The molecule has 1 rings (SSSR count). The molecule has 4 N–H and O–H groups in total. The van der Waals surface area contributed by atoms with Crippen LogP contribution in [0.1, 0.15) is 5.69 Å². The Morgan fingerprint density at radius 3 is 3.00 bits per heavy atom. The molecule has 0 radical (unpaired) electrons. The first-order chi connectivity index (χ1) is 5.52. The van der Waals surface area contributed by atoms with Crippen molar-refractivity contribution in [3.63, 3.8) is 0 Å². The first kappa shape index (κ1) is 9.08. The number of imidazole rings is 1. The summed E-state index contributed by atoms with van der Waals surface area (Å²) in [6.45, 7) is 0. The van der Waals surface area contributed by atoms with E-state index in [-0.39, 0.29) is 6.42 Å². The summed E-state index contributed by atoms with van der Waals surface area (Å²) in [5.41, 5.74) is 5.94. The van der Waals surface area contributed by atoms with E-state index in [1.54, 1.807) is 6.20 Å². The molecular formula is C6H9N3O2S. The average molecular weight is 187 g/mol. The minimum Gasteiger partial charge on any atom is -0.479 e. The van der Waals surface area contributed by atoms with Crippen molar-refractivity contribution in [2.45, 2.75) is 11.3 Å². The van der Waals surface area contributed by atoms with E-state index in [2.05, 4.69) is 22.6 Å². The normalized spacial score (nSPS) is 15.5. The molecule has 0 amide bonds. The van der Waals surface area contributed by atoms with Crippen LogP contribution in [0.3, 0.4) is 0 Å². The van der Waals surface area contributed by atoms with E-state index >= 15 is 0 Å². The van der Waals surface area contributed by atoms with Crippen LogP contribution >= 0.6 is 12.6 Å². The van der Waals surface area contributed by atoms with Gasteiger partial charge < -0.3 is 15.8 Å². The molecule has 5 nitrogen and oxygen atoms in total. The summed E-state index contributed by atoms with van der Waals surface area (Å²) in [7, 11) is 0. The Morgan fingerprint density at radius 1 is 1.92 bits per heavy atom. The van der Waals surface area contributed by atoms with Crippen LogP contribution in [0, 0.1) is 0 Å². The zero-order chi connectivity index (χ0) is 9.19. The minimum atomic E-state index is -1.55.